The van der Waals surface area contributed by atoms with Gasteiger partial charge in [0.1, 0.15) is 12.6 Å². The van der Waals surface area contributed by atoms with Gasteiger partial charge in [-0.1, -0.05) is 6.92 Å². The molecule has 3 unspecified atom stereocenters. The van der Waals surface area contributed by atoms with Gasteiger partial charge in [0.2, 0.25) is 0 Å². The van der Waals surface area contributed by atoms with Crippen molar-refractivity contribution < 1.29 is 38.5 Å². The van der Waals surface area contributed by atoms with E-state index in [1.807, 2.05) is 14.0 Å². The molecule has 1 fully saturated rings. The Morgan fingerprint density at radius 1 is 1.57 bits per heavy atom. The Balaban J connectivity index is 0.00000169. The number of carbonyl (C=O) groups is 1. The second-order valence-corrected chi connectivity index (χ2v) is 4.37. The summed E-state index contributed by atoms with van der Waals surface area (Å²) in [7, 11) is 1.98. The predicted octanol–water partition coefficient (Wildman–Crippen LogP) is -2.81. The van der Waals surface area contributed by atoms with Crippen LogP contribution in [0.25, 0.3) is 0 Å². The number of amides is 1. The molecule has 1 N–H and O–H groups in total. The van der Waals surface area contributed by atoms with Crippen molar-refractivity contribution in [3.05, 3.63) is 0 Å². The molecule has 0 bridgehead atoms. The molecule has 84 valence electrons. The Labute approximate surface area is 102 Å². The monoisotopic (exact) mass is 314 g/mol. The van der Waals surface area contributed by atoms with Crippen LogP contribution >= 0.6 is 0 Å². The van der Waals surface area contributed by atoms with E-state index >= 15 is 0 Å². The maximum atomic E-state index is 10.8. The number of hydrogen-bond donors (Lipinski definition) is 1. The highest BCUT2D eigenvalue weighted by Gasteiger charge is 2.48. The number of nitrogens with zero attached hydrogens (tertiary/aromatic N) is 2. The van der Waals surface area contributed by atoms with Gasteiger partial charge in [0.15, 0.2) is 6.23 Å². The Bertz CT molecular complexity index is 213. The molecule has 0 radical (unpaired) electrons. The molecule has 1 amide bonds. The Hall–Kier alpha value is 0.120. The van der Waals surface area contributed by atoms with Gasteiger partial charge in [0.05, 0.1) is 13.0 Å². The molecular formula is C9H19IN2O2. The number of aliphatic hydroxyl groups excluding tert-OH is 1. The molecule has 14 heavy (non-hydrogen) atoms. The molecule has 0 spiro atoms. The van der Waals surface area contributed by atoms with Crippen LogP contribution in [0.5, 0.6) is 0 Å². The molecule has 0 saturated carbocycles. The number of quaternary nitrogens is 1. The van der Waals surface area contributed by atoms with Gasteiger partial charge >= 0.3 is 0 Å². The van der Waals surface area contributed by atoms with Gasteiger partial charge in [0, 0.05) is 0 Å². The lowest BCUT2D eigenvalue weighted by Crippen LogP contribution is -3.00. The van der Waals surface area contributed by atoms with Crippen LogP contribution in [0.1, 0.15) is 20.8 Å². The van der Waals surface area contributed by atoms with Gasteiger partial charge in [-0.05, 0) is 13.8 Å². The van der Waals surface area contributed by atoms with Crippen molar-refractivity contribution in [1.29, 1.82) is 0 Å². The van der Waals surface area contributed by atoms with E-state index in [9.17, 15) is 9.90 Å². The molecule has 1 rings (SSSR count). The van der Waals surface area contributed by atoms with Crippen LogP contribution in [-0.2, 0) is 4.79 Å². The minimum atomic E-state index is -0.634. The zero-order valence-electron chi connectivity index (χ0n) is 9.14. The minimum absolute atomic E-state index is 0. The highest BCUT2D eigenvalue weighted by atomic mass is 127. The number of carbonyl (C=O) groups excluding carboxylic acids is 1. The zero-order valence-corrected chi connectivity index (χ0v) is 11.3. The first-order valence-corrected chi connectivity index (χ1v) is 4.71. The maximum Gasteiger partial charge on any atom is 0.258 e. The lowest BCUT2D eigenvalue weighted by atomic mass is 10.1. The van der Waals surface area contributed by atoms with Crippen LogP contribution in [-0.4, -0.2) is 47.0 Å². The fourth-order valence-corrected chi connectivity index (χ4v) is 1.95. The van der Waals surface area contributed by atoms with Gasteiger partial charge in [-0.15, -0.1) is 0 Å². The quantitative estimate of drug-likeness (QED) is 0.340. The molecule has 5 heteroatoms. The smallest absolute Gasteiger partial charge is 0.258 e. The maximum absolute atomic E-state index is 10.8. The lowest BCUT2D eigenvalue weighted by molar-refractivity contribution is -1.01. The summed E-state index contributed by atoms with van der Waals surface area (Å²) in [5.41, 5.74) is 0. The highest BCUT2D eigenvalue weighted by molar-refractivity contribution is 5.45. The van der Waals surface area contributed by atoms with E-state index in [4.69, 9.17) is 0 Å². The van der Waals surface area contributed by atoms with E-state index in [0.29, 0.717) is 10.6 Å². The molecule has 0 aromatic rings. The number of rotatable bonds is 2. The summed E-state index contributed by atoms with van der Waals surface area (Å²) >= 11 is 0. The molecule has 3 atom stereocenters. The average Bonchev–Trinajstić information content (AvgIpc) is 2.25. The van der Waals surface area contributed by atoms with Crippen LogP contribution in [0.2, 0.25) is 0 Å². The second kappa shape index (κ2) is 4.76. The molecule has 1 aliphatic rings. The van der Waals surface area contributed by atoms with Crippen LogP contribution < -0.4 is 24.0 Å². The largest absolute Gasteiger partial charge is 1.00 e. The summed E-state index contributed by atoms with van der Waals surface area (Å²) in [4.78, 5) is 10.8. The number of halogens is 1. The Morgan fingerprint density at radius 3 is 2.36 bits per heavy atom. The average molecular weight is 314 g/mol. The molecule has 4 nitrogen and oxygen atoms in total. The normalized spacial score (nSPS) is 37.1. The summed E-state index contributed by atoms with van der Waals surface area (Å²) in [5, 5.41) is 11.2. The van der Waals surface area contributed by atoms with E-state index in [1.54, 1.807) is 0 Å². The van der Waals surface area contributed by atoms with Crippen LogP contribution in [0.3, 0.4) is 0 Å². The van der Waals surface area contributed by atoms with E-state index in [0.717, 1.165) is 13.0 Å². The number of hydrogen-bond acceptors (Lipinski definition) is 2. The van der Waals surface area contributed by atoms with Crippen molar-refractivity contribution >= 4 is 6.41 Å². The SMILES string of the molecule is CC1C[N+](C)(C(C)C)N(C=O)C1O.[I-]. The summed E-state index contributed by atoms with van der Waals surface area (Å²) < 4.78 is 0.506. The van der Waals surface area contributed by atoms with Crippen molar-refractivity contribution in [2.24, 2.45) is 5.92 Å². The standard InChI is InChI=1S/C9H19N2O2.HI/c1-7(2)11(4)5-8(3)9(13)10(11)6-12;/h6-9,13H,5H2,1-4H3;1H/q+1;/p-1. The van der Waals surface area contributed by atoms with Crippen LogP contribution in [0.15, 0.2) is 0 Å². The fraction of sp³-hybridized carbons (Fsp3) is 0.889. The first-order valence-electron chi connectivity index (χ1n) is 4.71. The van der Waals surface area contributed by atoms with Crippen molar-refractivity contribution in [2.45, 2.75) is 33.0 Å². The third kappa shape index (κ3) is 2.04. The van der Waals surface area contributed by atoms with E-state index in [-0.39, 0.29) is 29.9 Å². The first kappa shape index (κ1) is 14.1. The highest BCUT2D eigenvalue weighted by Crippen LogP contribution is 2.29. The van der Waals surface area contributed by atoms with Crippen LogP contribution in [0, 0.1) is 5.92 Å². The predicted molar refractivity (Wildman–Crippen MR) is 49.3 cm³/mol. The summed E-state index contributed by atoms with van der Waals surface area (Å²) in [5.74, 6) is 0.151. The Morgan fingerprint density at radius 2 is 2.07 bits per heavy atom. The second-order valence-electron chi connectivity index (χ2n) is 4.37. The molecule has 0 aromatic carbocycles. The Kier molecular flexibility index (Phi) is 4.80. The van der Waals surface area contributed by atoms with Crippen molar-refractivity contribution in [1.82, 2.24) is 5.01 Å². The molecule has 1 heterocycles. The van der Waals surface area contributed by atoms with E-state index in [1.165, 1.54) is 5.01 Å². The molecule has 0 aromatic heterocycles. The van der Waals surface area contributed by atoms with Crippen molar-refractivity contribution in [2.75, 3.05) is 13.6 Å². The van der Waals surface area contributed by atoms with E-state index in [2.05, 4.69) is 13.8 Å². The molecular weight excluding hydrogens is 295 g/mol. The summed E-state index contributed by atoms with van der Waals surface area (Å²) in [6.45, 7) is 6.90. The summed E-state index contributed by atoms with van der Waals surface area (Å²) in [6.07, 6.45) is 0.110. The first-order chi connectivity index (χ1) is 5.93. The van der Waals surface area contributed by atoms with Crippen molar-refractivity contribution in [3.63, 3.8) is 0 Å². The number of aliphatic hydroxyl groups is 1. The van der Waals surface area contributed by atoms with Gasteiger partial charge in [-0.3, -0.25) is 4.79 Å². The molecule has 1 aliphatic heterocycles. The van der Waals surface area contributed by atoms with Gasteiger partial charge in [0.25, 0.3) is 6.41 Å². The van der Waals surface area contributed by atoms with E-state index < -0.39 is 6.23 Å². The minimum Gasteiger partial charge on any atom is -1.00 e. The van der Waals surface area contributed by atoms with Crippen LogP contribution in [0.4, 0.5) is 0 Å². The topological polar surface area (TPSA) is 40.5 Å². The fourth-order valence-electron chi connectivity index (χ4n) is 1.95. The van der Waals surface area contributed by atoms with Gasteiger partial charge in [-0.25, -0.2) is 4.59 Å². The zero-order chi connectivity index (χ0) is 10.2. The third-order valence-corrected chi connectivity index (χ3v) is 3.19. The van der Waals surface area contributed by atoms with Crippen molar-refractivity contribution in [3.8, 4) is 0 Å². The summed E-state index contributed by atoms with van der Waals surface area (Å²) in [6, 6.07) is 0.310. The van der Waals surface area contributed by atoms with Gasteiger partial charge in [-0.2, -0.15) is 5.01 Å². The van der Waals surface area contributed by atoms with Gasteiger partial charge < -0.3 is 29.1 Å². The third-order valence-electron chi connectivity index (χ3n) is 3.19. The molecule has 0 aliphatic carbocycles. The lowest BCUT2D eigenvalue weighted by Gasteiger charge is -2.38. The molecule has 1 saturated heterocycles.